The molecule has 1 aromatic heterocycles. The van der Waals surface area contributed by atoms with Crippen LogP contribution < -0.4 is 4.90 Å². The topological polar surface area (TPSA) is 35.2 Å². The van der Waals surface area contributed by atoms with Crippen molar-refractivity contribution in [3.63, 3.8) is 0 Å². The van der Waals surface area contributed by atoms with Gasteiger partial charge in [0.25, 0.3) is 0 Å². The Morgan fingerprint density at radius 3 is 2.56 bits per heavy atom. The highest BCUT2D eigenvalue weighted by atomic mass is 15.3. The van der Waals surface area contributed by atoms with Gasteiger partial charge in [-0.25, -0.2) is 4.98 Å². The lowest BCUT2D eigenvalue weighted by Crippen LogP contribution is -2.39. The first kappa shape index (κ1) is 26.8. The van der Waals surface area contributed by atoms with E-state index in [4.69, 9.17) is 6.58 Å². The zero-order valence-electron chi connectivity index (χ0n) is 24.0. The number of anilines is 1. The van der Waals surface area contributed by atoms with E-state index < -0.39 is 0 Å². The number of H-pyrrole nitrogens is 1. The minimum Gasteiger partial charge on any atom is -0.365 e. The molecule has 2 aliphatic rings. The first-order valence-corrected chi connectivity index (χ1v) is 14.2. The Morgan fingerprint density at radius 1 is 1.03 bits per heavy atom. The number of hydrogen-bond donors (Lipinski definition) is 1. The van der Waals surface area contributed by atoms with Gasteiger partial charge in [-0.2, -0.15) is 0 Å². The Kier molecular flexibility index (Phi) is 7.92. The fraction of sp³-hybridized carbons (Fsp3) is 0.343. The molecule has 39 heavy (non-hydrogen) atoms. The van der Waals surface area contributed by atoms with Crippen molar-refractivity contribution in [3.05, 3.63) is 131 Å². The van der Waals surface area contributed by atoms with E-state index in [1.807, 2.05) is 0 Å². The molecule has 0 fully saturated rings. The SMILES string of the molecule is C=C1C(CCC2=CCC=CC=C2)N(Cc2nc[nH]c2C)c2ccccc2CN1Cc1ccc(C(C)(C)C)cc1. The fourth-order valence-electron chi connectivity index (χ4n) is 5.62. The standard InChI is InChI=1S/C35H42N4/c1-26-32(37-25-36-26)24-39-33(21-18-28-12-8-6-7-9-13-28)27(2)38(23-30-14-10-11-15-34(30)39)22-29-16-19-31(20-17-29)35(3,4)5/h6-8,10-17,19-20,25,33H,2,9,18,21-24H2,1,3-5H3,(H,36,37). The Hall–Kier alpha value is -3.79. The van der Waals surface area contributed by atoms with Gasteiger partial charge in [-0.05, 0) is 54.4 Å². The van der Waals surface area contributed by atoms with Gasteiger partial charge >= 0.3 is 0 Å². The molecule has 0 saturated carbocycles. The minimum atomic E-state index is 0.149. The molecule has 1 N–H and O–H groups in total. The number of aromatic amines is 1. The van der Waals surface area contributed by atoms with Crippen LogP contribution in [-0.4, -0.2) is 20.9 Å². The summed E-state index contributed by atoms with van der Waals surface area (Å²) in [5.41, 5.74) is 10.2. The molecule has 1 aliphatic heterocycles. The molecule has 3 aromatic rings. The lowest BCUT2D eigenvalue weighted by molar-refractivity contribution is 0.308. The largest absolute Gasteiger partial charge is 0.365 e. The Balaban J connectivity index is 1.48. The molecule has 1 aliphatic carbocycles. The Bertz CT molecular complexity index is 1380. The number of para-hydroxylation sites is 1. The summed E-state index contributed by atoms with van der Waals surface area (Å²) in [6.07, 6.45) is 15.9. The van der Waals surface area contributed by atoms with Crippen molar-refractivity contribution < 1.29 is 0 Å². The summed E-state index contributed by atoms with van der Waals surface area (Å²) in [7, 11) is 0. The van der Waals surface area contributed by atoms with Crippen LogP contribution in [0.5, 0.6) is 0 Å². The lowest BCUT2D eigenvalue weighted by atomic mass is 9.86. The van der Waals surface area contributed by atoms with Crippen LogP contribution in [0.15, 0.2) is 103 Å². The van der Waals surface area contributed by atoms with Crippen molar-refractivity contribution in [1.82, 2.24) is 14.9 Å². The van der Waals surface area contributed by atoms with Gasteiger partial charge in [0.05, 0.1) is 24.6 Å². The molecule has 2 heterocycles. The number of allylic oxidation sites excluding steroid dienone is 6. The van der Waals surface area contributed by atoms with Crippen molar-refractivity contribution in [2.75, 3.05) is 4.90 Å². The van der Waals surface area contributed by atoms with Gasteiger partial charge in [0.1, 0.15) is 0 Å². The molecule has 0 spiro atoms. The highest BCUT2D eigenvalue weighted by Crippen LogP contribution is 2.36. The minimum absolute atomic E-state index is 0.149. The highest BCUT2D eigenvalue weighted by Gasteiger charge is 2.31. The molecule has 202 valence electrons. The van der Waals surface area contributed by atoms with E-state index in [1.165, 1.54) is 33.6 Å². The predicted molar refractivity (Wildman–Crippen MR) is 163 cm³/mol. The smallest absolute Gasteiger partial charge is 0.0925 e. The molecule has 0 bridgehead atoms. The number of aryl methyl sites for hydroxylation is 1. The number of nitrogens with one attached hydrogen (secondary N) is 1. The average molecular weight is 519 g/mol. The number of rotatable bonds is 7. The summed E-state index contributed by atoms with van der Waals surface area (Å²) in [5, 5.41) is 0. The van der Waals surface area contributed by atoms with Gasteiger partial charge < -0.3 is 14.8 Å². The first-order valence-electron chi connectivity index (χ1n) is 14.2. The number of hydrogen-bond acceptors (Lipinski definition) is 3. The monoisotopic (exact) mass is 518 g/mol. The number of nitrogens with zero attached hydrogens (tertiary/aromatic N) is 3. The maximum atomic E-state index is 4.76. The van der Waals surface area contributed by atoms with Crippen LogP contribution >= 0.6 is 0 Å². The lowest BCUT2D eigenvalue weighted by Gasteiger charge is -2.36. The summed E-state index contributed by atoms with van der Waals surface area (Å²) in [6.45, 7) is 16.1. The summed E-state index contributed by atoms with van der Waals surface area (Å²) < 4.78 is 0. The van der Waals surface area contributed by atoms with Gasteiger partial charge in [-0.3, -0.25) is 0 Å². The van der Waals surface area contributed by atoms with E-state index in [9.17, 15) is 0 Å². The average Bonchev–Trinajstić information content (AvgIpc) is 3.10. The van der Waals surface area contributed by atoms with E-state index in [1.54, 1.807) is 6.33 Å². The Labute approximate surface area is 234 Å². The molecule has 0 radical (unpaired) electrons. The van der Waals surface area contributed by atoms with E-state index >= 15 is 0 Å². The number of imidazole rings is 1. The van der Waals surface area contributed by atoms with Gasteiger partial charge in [0, 0.05) is 30.2 Å². The molecule has 0 amide bonds. The van der Waals surface area contributed by atoms with Crippen molar-refractivity contribution in [3.8, 4) is 0 Å². The zero-order valence-corrected chi connectivity index (χ0v) is 24.0. The number of fused-ring (bicyclic) bond motifs is 1. The summed E-state index contributed by atoms with van der Waals surface area (Å²) in [4.78, 5) is 13.0. The second-order valence-electron chi connectivity index (χ2n) is 11.9. The zero-order chi connectivity index (χ0) is 27.4. The normalized spacial score (nSPS) is 17.6. The van der Waals surface area contributed by atoms with E-state index in [0.29, 0.717) is 0 Å². The van der Waals surface area contributed by atoms with Gasteiger partial charge in [0.15, 0.2) is 0 Å². The van der Waals surface area contributed by atoms with Crippen molar-refractivity contribution in [2.24, 2.45) is 0 Å². The predicted octanol–water partition coefficient (Wildman–Crippen LogP) is 8.14. The van der Waals surface area contributed by atoms with Crippen molar-refractivity contribution in [2.45, 2.75) is 78.0 Å². The molecule has 2 aromatic carbocycles. The van der Waals surface area contributed by atoms with Crippen molar-refractivity contribution >= 4 is 5.69 Å². The van der Waals surface area contributed by atoms with E-state index in [-0.39, 0.29) is 11.5 Å². The third-order valence-electron chi connectivity index (χ3n) is 8.06. The number of aromatic nitrogens is 2. The maximum Gasteiger partial charge on any atom is 0.0925 e. The molecule has 5 rings (SSSR count). The highest BCUT2D eigenvalue weighted by molar-refractivity contribution is 5.57. The van der Waals surface area contributed by atoms with Crippen LogP contribution in [-0.2, 0) is 25.0 Å². The van der Waals surface area contributed by atoms with Crippen molar-refractivity contribution in [1.29, 1.82) is 0 Å². The molecule has 4 heteroatoms. The summed E-state index contributed by atoms with van der Waals surface area (Å²) in [5.74, 6) is 0. The summed E-state index contributed by atoms with van der Waals surface area (Å²) in [6, 6.07) is 18.2. The van der Waals surface area contributed by atoms with Crippen LogP contribution in [0, 0.1) is 6.92 Å². The van der Waals surface area contributed by atoms with Crippen LogP contribution in [0.1, 0.15) is 68.1 Å². The van der Waals surface area contributed by atoms with Crippen LogP contribution in [0.4, 0.5) is 5.69 Å². The quantitative estimate of drug-likeness (QED) is 0.343. The molecular weight excluding hydrogens is 476 g/mol. The van der Waals surface area contributed by atoms with E-state index in [2.05, 4.69) is 126 Å². The second-order valence-corrected chi connectivity index (χ2v) is 11.9. The Morgan fingerprint density at radius 2 is 1.82 bits per heavy atom. The molecular formula is C35H42N4. The molecule has 4 nitrogen and oxygen atoms in total. The summed E-state index contributed by atoms with van der Waals surface area (Å²) >= 11 is 0. The molecule has 1 unspecified atom stereocenters. The fourth-order valence-corrected chi connectivity index (χ4v) is 5.62. The second kappa shape index (κ2) is 11.5. The number of benzene rings is 2. The van der Waals surface area contributed by atoms with Crippen LogP contribution in [0.25, 0.3) is 0 Å². The molecule has 1 atom stereocenters. The van der Waals surface area contributed by atoms with Gasteiger partial charge in [-0.1, -0.05) is 106 Å². The third-order valence-corrected chi connectivity index (χ3v) is 8.06. The van der Waals surface area contributed by atoms with E-state index in [0.717, 1.165) is 50.3 Å². The van der Waals surface area contributed by atoms with Crippen LogP contribution in [0.2, 0.25) is 0 Å². The van der Waals surface area contributed by atoms with Gasteiger partial charge in [0.2, 0.25) is 0 Å². The molecule has 0 saturated heterocycles. The van der Waals surface area contributed by atoms with Gasteiger partial charge in [-0.15, -0.1) is 0 Å². The third kappa shape index (κ3) is 6.27. The maximum absolute atomic E-state index is 4.76. The van der Waals surface area contributed by atoms with Crippen LogP contribution in [0.3, 0.4) is 0 Å². The first-order chi connectivity index (χ1) is 18.8.